The summed E-state index contributed by atoms with van der Waals surface area (Å²) >= 11 is 0. The minimum absolute atomic E-state index is 0.164. The van der Waals surface area contributed by atoms with Crippen LogP contribution < -0.4 is 27.2 Å². The molecule has 2 aromatic carbocycles. The van der Waals surface area contributed by atoms with Gasteiger partial charge in [0, 0.05) is 35.5 Å². The fraction of sp³-hybridized carbons (Fsp3) is 0.261. The van der Waals surface area contributed by atoms with Crippen LogP contribution in [0.2, 0.25) is 0 Å². The number of rotatable bonds is 9. The van der Waals surface area contributed by atoms with Crippen LogP contribution in [0, 0.1) is 11.8 Å². The van der Waals surface area contributed by atoms with Crippen molar-refractivity contribution in [2.45, 2.75) is 19.1 Å². The Hall–Kier alpha value is -3.75. The van der Waals surface area contributed by atoms with Crippen molar-refractivity contribution in [3.63, 3.8) is 0 Å². The average Bonchev–Trinajstić information content (AvgIpc) is 2.81. The molecule has 0 fully saturated rings. The molecule has 10 nitrogen and oxygen atoms in total. The molecule has 0 bridgehead atoms. The van der Waals surface area contributed by atoms with Gasteiger partial charge >= 0.3 is 0 Å². The van der Waals surface area contributed by atoms with Gasteiger partial charge in [0.1, 0.15) is 6.04 Å². The predicted octanol–water partition coefficient (Wildman–Crippen LogP) is -0.442. The highest BCUT2D eigenvalue weighted by atomic mass is 16.5. The lowest BCUT2D eigenvalue weighted by Crippen LogP contribution is -2.51. The second-order valence-corrected chi connectivity index (χ2v) is 7.09. The van der Waals surface area contributed by atoms with Crippen LogP contribution in [-0.4, -0.2) is 59.8 Å². The van der Waals surface area contributed by atoms with Gasteiger partial charge in [-0.05, 0) is 55.5 Å². The number of aliphatic hydroxyl groups excluding tert-OH is 1. The summed E-state index contributed by atoms with van der Waals surface area (Å²) in [4.78, 5) is 35.6. The maximum absolute atomic E-state index is 12.3. The number of hydrogen-bond acceptors (Lipinski definition) is 7. The van der Waals surface area contributed by atoms with Crippen LogP contribution in [-0.2, 0) is 9.59 Å². The largest absolute Gasteiger partial charge is 0.391 e. The van der Waals surface area contributed by atoms with Crippen molar-refractivity contribution in [1.29, 1.82) is 0 Å². The molecule has 0 aliphatic rings. The quantitative estimate of drug-likeness (QED) is 0.117. The maximum atomic E-state index is 12.3. The van der Waals surface area contributed by atoms with Gasteiger partial charge in [0.2, 0.25) is 5.91 Å². The average molecular weight is 453 g/mol. The van der Waals surface area contributed by atoms with E-state index in [4.69, 9.17) is 10.9 Å². The highest BCUT2D eigenvalue weighted by Gasteiger charge is 2.25. The normalized spacial score (nSPS) is 12.0. The van der Waals surface area contributed by atoms with E-state index >= 15 is 0 Å². The minimum Gasteiger partial charge on any atom is -0.391 e. The van der Waals surface area contributed by atoms with Crippen LogP contribution in [0.1, 0.15) is 28.4 Å². The molecular weight excluding hydrogens is 426 g/mol. The first-order chi connectivity index (χ1) is 15.8. The van der Waals surface area contributed by atoms with Crippen LogP contribution in [0.25, 0.3) is 0 Å². The molecule has 2 rings (SSSR count). The summed E-state index contributed by atoms with van der Waals surface area (Å²) in [5.74, 6) is 4.31. The van der Waals surface area contributed by atoms with Crippen LogP contribution in [0.3, 0.4) is 0 Å². The van der Waals surface area contributed by atoms with E-state index in [1.54, 1.807) is 36.4 Å². The van der Waals surface area contributed by atoms with E-state index in [0.29, 0.717) is 24.3 Å². The first kappa shape index (κ1) is 25.5. The van der Waals surface area contributed by atoms with Gasteiger partial charge in [-0.1, -0.05) is 11.8 Å². The summed E-state index contributed by atoms with van der Waals surface area (Å²) in [6.07, 6.45) is -1.20. The van der Waals surface area contributed by atoms with Gasteiger partial charge in [-0.15, -0.1) is 0 Å². The third-order valence-corrected chi connectivity index (χ3v) is 4.44. The molecule has 2 atom stereocenters. The van der Waals surface area contributed by atoms with Crippen molar-refractivity contribution < 1.29 is 24.7 Å². The van der Waals surface area contributed by atoms with E-state index in [2.05, 4.69) is 27.8 Å². The highest BCUT2D eigenvalue weighted by Crippen LogP contribution is 2.09. The topological polar surface area (TPSA) is 166 Å². The third kappa shape index (κ3) is 8.36. The number of nitrogens with two attached hydrogens (primary N) is 1. The zero-order valence-electron chi connectivity index (χ0n) is 18.1. The van der Waals surface area contributed by atoms with Crippen LogP contribution >= 0.6 is 0 Å². The lowest BCUT2D eigenvalue weighted by molar-refractivity contribution is -0.133. The Kier molecular flexibility index (Phi) is 10.0. The zero-order valence-corrected chi connectivity index (χ0v) is 18.1. The smallest absolute Gasteiger partial charge is 0.268 e. The molecule has 0 heterocycles. The van der Waals surface area contributed by atoms with Crippen molar-refractivity contribution in [2.75, 3.05) is 25.0 Å². The van der Waals surface area contributed by atoms with Gasteiger partial charge in [-0.25, -0.2) is 5.48 Å². The van der Waals surface area contributed by atoms with E-state index in [0.717, 1.165) is 5.56 Å². The van der Waals surface area contributed by atoms with Crippen molar-refractivity contribution in [1.82, 2.24) is 16.1 Å². The van der Waals surface area contributed by atoms with Crippen molar-refractivity contribution in [2.24, 2.45) is 5.73 Å². The molecule has 0 aromatic heterocycles. The lowest BCUT2D eigenvalue weighted by Gasteiger charge is -2.19. The van der Waals surface area contributed by atoms with Crippen LogP contribution in [0.4, 0.5) is 5.69 Å². The van der Waals surface area contributed by atoms with Gasteiger partial charge in [-0.2, -0.15) is 0 Å². The Balaban J connectivity index is 1.96. The second kappa shape index (κ2) is 12.9. The molecule has 2 unspecified atom stereocenters. The molecular formula is C23H27N5O5. The van der Waals surface area contributed by atoms with E-state index < -0.39 is 24.0 Å². The number of nitrogens with one attached hydrogen (secondary N) is 4. The van der Waals surface area contributed by atoms with Crippen LogP contribution in [0.15, 0.2) is 48.5 Å². The molecule has 3 amide bonds. The Labute approximate surface area is 191 Å². The van der Waals surface area contributed by atoms with Gasteiger partial charge in [0.05, 0.1) is 12.6 Å². The summed E-state index contributed by atoms with van der Waals surface area (Å²) in [5, 5.41) is 26.4. The third-order valence-electron chi connectivity index (χ3n) is 4.44. The van der Waals surface area contributed by atoms with E-state index in [9.17, 15) is 19.5 Å². The van der Waals surface area contributed by atoms with E-state index in [1.165, 1.54) is 24.5 Å². The Morgan fingerprint density at radius 1 is 1.00 bits per heavy atom. The van der Waals surface area contributed by atoms with E-state index in [1.807, 2.05) is 0 Å². The first-order valence-corrected chi connectivity index (χ1v) is 10.2. The maximum Gasteiger partial charge on any atom is 0.268 e. The Bertz CT molecular complexity index is 1010. The molecule has 10 heteroatoms. The molecule has 2 aromatic rings. The summed E-state index contributed by atoms with van der Waals surface area (Å²) in [6.45, 7) is 2.53. The Morgan fingerprint density at radius 3 is 2.09 bits per heavy atom. The molecule has 0 aliphatic heterocycles. The molecule has 0 radical (unpaired) electrons. The number of aliphatic hydroxyl groups is 1. The number of hydrogen-bond donors (Lipinski definition) is 7. The monoisotopic (exact) mass is 453 g/mol. The summed E-state index contributed by atoms with van der Waals surface area (Å²) in [6, 6.07) is 12.1. The number of carbonyl (C=O) groups excluding carboxylic acids is 3. The highest BCUT2D eigenvalue weighted by molar-refractivity contribution is 5.97. The summed E-state index contributed by atoms with van der Waals surface area (Å²) in [5.41, 5.74) is 9.09. The summed E-state index contributed by atoms with van der Waals surface area (Å²) < 4.78 is 0. The molecule has 0 saturated heterocycles. The SMILES string of the molecule is CC(O)C(NC(=O)c1ccc(C#Cc2ccc(NC(=O)CNCCN)cc2)cc1)C(=O)NO. The molecule has 174 valence electrons. The van der Waals surface area contributed by atoms with Gasteiger partial charge in [-0.3, -0.25) is 19.6 Å². The molecule has 0 spiro atoms. The molecule has 0 saturated carbocycles. The predicted molar refractivity (Wildman–Crippen MR) is 122 cm³/mol. The van der Waals surface area contributed by atoms with Gasteiger partial charge in [0.25, 0.3) is 11.8 Å². The first-order valence-electron chi connectivity index (χ1n) is 10.2. The zero-order chi connectivity index (χ0) is 24.2. The Morgan fingerprint density at radius 2 is 1.58 bits per heavy atom. The van der Waals surface area contributed by atoms with Crippen molar-refractivity contribution >= 4 is 23.4 Å². The fourth-order valence-electron chi connectivity index (χ4n) is 2.69. The lowest BCUT2D eigenvalue weighted by atomic mass is 10.1. The summed E-state index contributed by atoms with van der Waals surface area (Å²) in [7, 11) is 0. The minimum atomic E-state index is -1.29. The standard InChI is InChI=1S/C23H27N5O5/c1-15(29)21(23(32)28-33)27-22(31)18-8-4-16(5-9-18)2-3-17-6-10-19(11-7-17)26-20(30)14-25-13-12-24/h4-11,15,21,25,29,33H,12-14,24H2,1H3,(H,26,30)(H,27,31)(H,28,32). The molecule has 8 N–H and O–H groups in total. The van der Waals surface area contributed by atoms with Crippen molar-refractivity contribution in [3.05, 3.63) is 65.2 Å². The number of benzene rings is 2. The number of hydroxylamine groups is 1. The second-order valence-electron chi connectivity index (χ2n) is 7.09. The number of carbonyl (C=O) groups is 3. The van der Waals surface area contributed by atoms with Gasteiger partial charge < -0.3 is 26.8 Å². The van der Waals surface area contributed by atoms with Gasteiger partial charge in [0.15, 0.2) is 0 Å². The number of amides is 3. The van der Waals surface area contributed by atoms with E-state index in [-0.39, 0.29) is 18.0 Å². The number of anilines is 1. The fourth-order valence-corrected chi connectivity index (χ4v) is 2.69. The van der Waals surface area contributed by atoms with Crippen molar-refractivity contribution in [3.8, 4) is 11.8 Å². The molecule has 0 aliphatic carbocycles. The van der Waals surface area contributed by atoms with Crippen LogP contribution in [0.5, 0.6) is 0 Å². The molecule has 33 heavy (non-hydrogen) atoms.